The van der Waals surface area contributed by atoms with E-state index in [0.29, 0.717) is 5.69 Å². The van der Waals surface area contributed by atoms with Gasteiger partial charge in [-0.3, -0.25) is 4.79 Å². The maximum absolute atomic E-state index is 12.2. The van der Waals surface area contributed by atoms with Crippen LogP contribution in [0.3, 0.4) is 0 Å². The van der Waals surface area contributed by atoms with Crippen LogP contribution in [0.5, 0.6) is 0 Å². The molecule has 0 bridgehead atoms. The smallest absolute Gasteiger partial charge is 0.255 e. The summed E-state index contributed by atoms with van der Waals surface area (Å²) in [6, 6.07) is 0. The minimum atomic E-state index is -2.59. The van der Waals surface area contributed by atoms with Gasteiger partial charge in [-0.25, -0.2) is 13.8 Å². The van der Waals surface area contributed by atoms with E-state index in [1.165, 1.54) is 11.3 Å². The topological polar surface area (TPSA) is 53.4 Å². The maximum atomic E-state index is 12.2. The Morgan fingerprint density at radius 1 is 1.65 bits per heavy atom. The number of thiazole rings is 1. The first-order valence-corrected chi connectivity index (χ1v) is 5.98. The van der Waals surface area contributed by atoms with Crippen molar-refractivity contribution in [2.24, 2.45) is 0 Å². The molecule has 1 aromatic rings. The molecule has 4 nitrogen and oxygen atoms in total. The van der Waals surface area contributed by atoms with Crippen molar-refractivity contribution in [3.05, 3.63) is 16.1 Å². The molecule has 1 aromatic heterocycles. The van der Waals surface area contributed by atoms with Crippen LogP contribution in [0.2, 0.25) is 0 Å². The first-order valence-electron chi connectivity index (χ1n) is 5.10. The molecule has 0 aliphatic carbocycles. The van der Waals surface area contributed by atoms with E-state index in [0.717, 1.165) is 9.91 Å². The van der Waals surface area contributed by atoms with E-state index < -0.39 is 18.9 Å². The molecule has 1 heterocycles. The number of aliphatic hydroxyl groups is 1. The normalized spacial score (nSPS) is 10.9. The first kappa shape index (κ1) is 14.0. The summed E-state index contributed by atoms with van der Waals surface area (Å²) in [6.45, 7) is 0.757. The average molecular weight is 264 g/mol. The molecular weight excluding hydrogens is 250 g/mol. The van der Waals surface area contributed by atoms with Gasteiger partial charge in [-0.2, -0.15) is 0 Å². The van der Waals surface area contributed by atoms with Crippen molar-refractivity contribution in [1.82, 2.24) is 9.88 Å². The Balaban J connectivity index is 2.58. The monoisotopic (exact) mass is 264 g/mol. The third-order valence-corrected chi connectivity index (χ3v) is 2.90. The SMILES string of the molecule is Cc1nc(CC(=O)N(CCO)CC(F)F)cs1. The second kappa shape index (κ2) is 6.61. The molecule has 0 saturated heterocycles. The fourth-order valence-electron chi connectivity index (χ4n) is 1.36. The van der Waals surface area contributed by atoms with Crippen LogP contribution < -0.4 is 0 Å². The molecule has 0 aliphatic heterocycles. The number of carbonyl (C=O) groups excluding carboxylic acids is 1. The number of aryl methyl sites for hydroxylation is 1. The number of aromatic nitrogens is 1. The summed E-state index contributed by atoms with van der Waals surface area (Å²) in [6.07, 6.45) is -2.60. The zero-order valence-corrected chi connectivity index (χ0v) is 10.2. The van der Waals surface area contributed by atoms with E-state index in [9.17, 15) is 13.6 Å². The number of rotatable bonds is 6. The first-order chi connectivity index (χ1) is 8.02. The van der Waals surface area contributed by atoms with Gasteiger partial charge in [0.15, 0.2) is 0 Å². The Morgan fingerprint density at radius 2 is 2.35 bits per heavy atom. The summed E-state index contributed by atoms with van der Waals surface area (Å²) in [7, 11) is 0. The highest BCUT2D eigenvalue weighted by atomic mass is 32.1. The van der Waals surface area contributed by atoms with E-state index >= 15 is 0 Å². The quantitative estimate of drug-likeness (QED) is 0.836. The number of aliphatic hydroxyl groups excluding tert-OH is 1. The summed E-state index contributed by atoms with van der Waals surface area (Å²) in [5, 5.41) is 11.3. The van der Waals surface area contributed by atoms with Crippen LogP contribution in [-0.4, -0.2) is 47.0 Å². The molecule has 1 amide bonds. The van der Waals surface area contributed by atoms with Gasteiger partial charge in [-0.1, -0.05) is 0 Å². The van der Waals surface area contributed by atoms with Crippen molar-refractivity contribution >= 4 is 17.2 Å². The van der Waals surface area contributed by atoms with Crippen LogP contribution in [0, 0.1) is 6.92 Å². The number of carbonyl (C=O) groups is 1. The Hall–Kier alpha value is -1.08. The maximum Gasteiger partial charge on any atom is 0.255 e. The molecule has 7 heteroatoms. The fourth-order valence-corrected chi connectivity index (χ4v) is 1.97. The van der Waals surface area contributed by atoms with Gasteiger partial charge in [0, 0.05) is 11.9 Å². The molecule has 0 spiro atoms. The lowest BCUT2D eigenvalue weighted by atomic mass is 10.3. The minimum absolute atomic E-state index is 0.00292. The Labute approximate surface area is 102 Å². The Bertz CT molecular complexity index is 371. The number of hydrogen-bond acceptors (Lipinski definition) is 4. The lowest BCUT2D eigenvalue weighted by molar-refractivity contribution is -0.133. The molecule has 0 radical (unpaired) electrons. The van der Waals surface area contributed by atoms with Crippen molar-refractivity contribution < 1.29 is 18.7 Å². The molecular formula is C10H14F2N2O2S. The van der Waals surface area contributed by atoms with E-state index in [-0.39, 0.29) is 19.6 Å². The van der Waals surface area contributed by atoms with Gasteiger partial charge in [0.05, 0.1) is 30.3 Å². The van der Waals surface area contributed by atoms with Crippen LogP contribution in [0.1, 0.15) is 10.7 Å². The van der Waals surface area contributed by atoms with Crippen molar-refractivity contribution in [2.45, 2.75) is 19.8 Å². The van der Waals surface area contributed by atoms with E-state index in [1.54, 1.807) is 5.38 Å². The van der Waals surface area contributed by atoms with Crippen LogP contribution in [-0.2, 0) is 11.2 Å². The largest absolute Gasteiger partial charge is 0.395 e. The van der Waals surface area contributed by atoms with E-state index in [2.05, 4.69) is 4.98 Å². The van der Waals surface area contributed by atoms with Crippen LogP contribution in [0.15, 0.2) is 5.38 Å². The molecule has 0 unspecified atom stereocenters. The Morgan fingerprint density at radius 3 is 2.82 bits per heavy atom. The Kier molecular flexibility index (Phi) is 5.43. The summed E-state index contributed by atoms with van der Waals surface area (Å²) in [5.41, 5.74) is 0.578. The molecule has 0 saturated carbocycles. The number of hydrogen-bond donors (Lipinski definition) is 1. The highest BCUT2D eigenvalue weighted by molar-refractivity contribution is 7.09. The zero-order valence-electron chi connectivity index (χ0n) is 9.40. The van der Waals surface area contributed by atoms with Crippen molar-refractivity contribution in [3.63, 3.8) is 0 Å². The van der Waals surface area contributed by atoms with Gasteiger partial charge in [-0.05, 0) is 6.92 Å². The molecule has 1 N–H and O–H groups in total. The molecule has 17 heavy (non-hydrogen) atoms. The van der Waals surface area contributed by atoms with Crippen LogP contribution in [0.4, 0.5) is 8.78 Å². The minimum Gasteiger partial charge on any atom is -0.395 e. The highest BCUT2D eigenvalue weighted by Gasteiger charge is 2.18. The average Bonchev–Trinajstić information content (AvgIpc) is 2.62. The van der Waals surface area contributed by atoms with Crippen LogP contribution in [0.25, 0.3) is 0 Å². The van der Waals surface area contributed by atoms with Gasteiger partial charge >= 0.3 is 0 Å². The van der Waals surface area contributed by atoms with E-state index in [4.69, 9.17) is 5.11 Å². The van der Waals surface area contributed by atoms with Crippen molar-refractivity contribution in [3.8, 4) is 0 Å². The second-order valence-corrected chi connectivity index (χ2v) is 4.55. The van der Waals surface area contributed by atoms with Crippen molar-refractivity contribution in [2.75, 3.05) is 19.7 Å². The predicted molar refractivity (Wildman–Crippen MR) is 60.2 cm³/mol. The predicted octanol–water partition coefficient (Wildman–Crippen LogP) is 1.08. The number of halogens is 2. The highest BCUT2D eigenvalue weighted by Crippen LogP contribution is 2.10. The van der Waals surface area contributed by atoms with Gasteiger partial charge in [0.1, 0.15) is 0 Å². The van der Waals surface area contributed by atoms with Gasteiger partial charge < -0.3 is 10.0 Å². The summed E-state index contributed by atoms with van der Waals surface area (Å²) >= 11 is 1.41. The summed E-state index contributed by atoms with van der Waals surface area (Å²) in [5.74, 6) is -0.440. The standard InChI is InChI=1S/C10H14F2N2O2S/c1-7-13-8(6-17-7)4-10(16)14(2-3-15)5-9(11)12/h6,9,15H,2-5H2,1H3. The molecule has 0 atom stereocenters. The van der Waals surface area contributed by atoms with Crippen molar-refractivity contribution in [1.29, 1.82) is 0 Å². The molecule has 1 rings (SSSR count). The summed E-state index contributed by atoms with van der Waals surface area (Å²) < 4.78 is 24.4. The van der Waals surface area contributed by atoms with Gasteiger partial charge in [0.25, 0.3) is 6.43 Å². The molecule has 96 valence electrons. The van der Waals surface area contributed by atoms with Gasteiger partial charge in [-0.15, -0.1) is 11.3 Å². The zero-order chi connectivity index (χ0) is 12.8. The molecule has 0 aromatic carbocycles. The van der Waals surface area contributed by atoms with Gasteiger partial charge in [0.2, 0.25) is 5.91 Å². The second-order valence-electron chi connectivity index (χ2n) is 3.49. The number of amides is 1. The molecule has 0 fully saturated rings. The van der Waals surface area contributed by atoms with E-state index in [1.807, 2.05) is 6.92 Å². The molecule has 0 aliphatic rings. The third-order valence-electron chi connectivity index (χ3n) is 2.08. The fraction of sp³-hybridized carbons (Fsp3) is 0.600. The number of nitrogens with zero attached hydrogens (tertiary/aromatic N) is 2. The summed E-state index contributed by atoms with van der Waals surface area (Å²) in [4.78, 5) is 16.7. The number of alkyl halides is 2. The lowest BCUT2D eigenvalue weighted by Crippen LogP contribution is -2.38. The third kappa shape index (κ3) is 4.74. The van der Waals surface area contributed by atoms with Crippen LogP contribution >= 0.6 is 11.3 Å². The lowest BCUT2D eigenvalue weighted by Gasteiger charge is -2.20.